The lowest BCUT2D eigenvalue weighted by Gasteiger charge is -2.36. The summed E-state index contributed by atoms with van der Waals surface area (Å²) in [6.07, 6.45) is 1.36. The summed E-state index contributed by atoms with van der Waals surface area (Å²) < 4.78 is 34.1. The van der Waals surface area contributed by atoms with Gasteiger partial charge in [0, 0.05) is 32.2 Å². The van der Waals surface area contributed by atoms with E-state index >= 15 is 0 Å². The lowest BCUT2D eigenvalue weighted by atomic mass is 9.92. The number of hydrogen-bond acceptors (Lipinski definition) is 6. The van der Waals surface area contributed by atoms with E-state index in [4.69, 9.17) is 4.74 Å². The number of anilines is 1. The Morgan fingerprint density at radius 1 is 1.00 bits per heavy atom. The molecule has 0 aromatic heterocycles. The SMILES string of the molecule is CC(=O)Nc1ccc(S(=O)(=O)N2CCc3ccccc3C2CC(=O)OCC(=O)N2CC(C)CC(C)C2)cc1. The molecule has 4 rings (SSSR count). The maximum atomic E-state index is 13.7. The molecule has 0 bridgehead atoms. The van der Waals surface area contributed by atoms with E-state index in [1.165, 1.54) is 35.5 Å². The van der Waals surface area contributed by atoms with Gasteiger partial charge in [0.25, 0.3) is 5.91 Å². The molecule has 38 heavy (non-hydrogen) atoms. The lowest BCUT2D eigenvalue weighted by Crippen LogP contribution is -2.44. The largest absolute Gasteiger partial charge is 0.456 e. The highest BCUT2D eigenvalue weighted by molar-refractivity contribution is 7.89. The zero-order chi connectivity index (χ0) is 27.4. The minimum Gasteiger partial charge on any atom is -0.456 e. The van der Waals surface area contributed by atoms with Gasteiger partial charge < -0.3 is 15.0 Å². The van der Waals surface area contributed by atoms with Gasteiger partial charge in [0.15, 0.2) is 6.61 Å². The second-order valence-corrected chi connectivity index (χ2v) is 12.3. The summed E-state index contributed by atoms with van der Waals surface area (Å²) in [6.45, 7) is 6.71. The van der Waals surface area contributed by atoms with E-state index < -0.39 is 22.0 Å². The van der Waals surface area contributed by atoms with Gasteiger partial charge in [0.05, 0.1) is 17.4 Å². The maximum Gasteiger partial charge on any atom is 0.308 e. The number of rotatable bonds is 7. The molecule has 1 N–H and O–H groups in total. The van der Waals surface area contributed by atoms with Crippen molar-refractivity contribution in [1.29, 1.82) is 0 Å². The molecule has 3 atom stereocenters. The van der Waals surface area contributed by atoms with Gasteiger partial charge in [-0.1, -0.05) is 38.1 Å². The number of likely N-dealkylation sites (tertiary alicyclic amines) is 1. The zero-order valence-electron chi connectivity index (χ0n) is 22.1. The van der Waals surface area contributed by atoms with Gasteiger partial charge in [0.2, 0.25) is 15.9 Å². The van der Waals surface area contributed by atoms with Crippen LogP contribution in [0.5, 0.6) is 0 Å². The molecule has 2 aliphatic heterocycles. The fraction of sp³-hybridized carbons (Fsp3) is 0.464. The van der Waals surface area contributed by atoms with E-state index in [2.05, 4.69) is 19.2 Å². The van der Waals surface area contributed by atoms with Crippen LogP contribution in [0.3, 0.4) is 0 Å². The van der Waals surface area contributed by atoms with E-state index in [-0.39, 0.29) is 36.3 Å². The highest BCUT2D eigenvalue weighted by atomic mass is 32.2. The number of fused-ring (bicyclic) bond motifs is 1. The number of hydrogen-bond donors (Lipinski definition) is 1. The van der Waals surface area contributed by atoms with Gasteiger partial charge in [-0.25, -0.2) is 8.42 Å². The van der Waals surface area contributed by atoms with Crippen molar-refractivity contribution in [1.82, 2.24) is 9.21 Å². The second-order valence-electron chi connectivity index (χ2n) is 10.4. The third-order valence-electron chi connectivity index (χ3n) is 7.08. The van der Waals surface area contributed by atoms with Crippen molar-refractivity contribution >= 4 is 33.5 Å². The number of sulfonamides is 1. The molecule has 1 saturated heterocycles. The normalized spacial score (nSPS) is 21.9. The Morgan fingerprint density at radius 2 is 1.66 bits per heavy atom. The molecule has 10 heteroatoms. The van der Waals surface area contributed by atoms with Crippen LogP contribution in [0.15, 0.2) is 53.4 Å². The van der Waals surface area contributed by atoms with Gasteiger partial charge >= 0.3 is 5.97 Å². The average Bonchev–Trinajstić information content (AvgIpc) is 2.86. The molecule has 2 aromatic rings. The van der Waals surface area contributed by atoms with Crippen LogP contribution >= 0.6 is 0 Å². The Bertz CT molecular complexity index is 1280. The zero-order valence-corrected chi connectivity index (χ0v) is 22.9. The monoisotopic (exact) mass is 541 g/mol. The number of carbonyl (C=O) groups excluding carboxylic acids is 3. The van der Waals surface area contributed by atoms with Gasteiger partial charge in [-0.3, -0.25) is 14.4 Å². The van der Waals surface area contributed by atoms with Gasteiger partial charge in [-0.05, 0) is 60.1 Å². The van der Waals surface area contributed by atoms with E-state index in [0.29, 0.717) is 37.0 Å². The highest BCUT2D eigenvalue weighted by Crippen LogP contribution is 2.36. The van der Waals surface area contributed by atoms with Crippen LogP contribution in [0, 0.1) is 11.8 Å². The number of nitrogens with one attached hydrogen (secondary N) is 1. The van der Waals surface area contributed by atoms with E-state index in [1.807, 2.05) is 24.3 Å². The van der Waals surface area contributed by atoms with Gasteiger partial charge in [-0.15, -0.1) is 0 Å². The van der Waals surface area contributed by atoms with E-state index in [1.54, 1.807) is 4.90 Å². The van der Waals surface area contributed by atoms with E-state index in [0.717, 1.165) is 17.5 Å². The van der Waals surface area contributed by atoms with Crippen LogP contribution in [-0.2, 0) is 35.6 Å². The van der Waals surface area contributed by atoms with Crippen LogP contribution in [0.2, 0.25) is 0 Å². The number of ether oxygens (including phenoxy) is 1. The second kappa shape index (κ2) is 11.7. The minimum absolute atomic E-state index is 0.0628. The fourth-order valence-corrected chi connectivity index (χ4v) is 7.10. The molecule has 0 spiro atoms. The quantitative estimate of drug-likeness (QED) is 0.538. The number of benzene rings is 2. The molecule has 2 amide bonds. The van der Waals surface area contributed by atoms with Crippen LogP contribution in [-0.4, -0.2) is 61.6 Å². The molecule has 0 radical (unpaired) electrons. The molecular weight excluding hydrogens is 506 g/mol. The molecular formula is C28H35N3O6S. The van der Waals surface area contributed by atoms with Crippen LogP contribution < -0.4 is 5.32 Å². The minimum atomic E-state index is -3.97. The Kier molecular flexibility index (Phi) is 8.52. The van der Waals surface area contributed by atoms with Crippen molar-refractivity contribution in [2.45, 2.75) is 51.0 Å². The first-order valence-corrected chi connectivity index (χ1v) is 14.4. The number of esters is 1. The molecule has 2 heterocycles. The molecule has 9 nitrogen and oxygen atoms in total. The van der Waals surface area contributed by atoms with Crippen molar-refractivity contribution < 1.29 is 27.5 Å². The van der Waals surface area contributed by atoms with E-state index in [9.17, 15) is 22.8 Å². The Labute approximate surface area is 224 Å². The molecule has 0 saturated carbocycles. The summed E-state index contributed by atoms with van der Waals surface area (Å²) in [5.41, 5.74) is 2.21. The molecule has 1 fully saturated rings. The summed E-state index contributed by atoms with van der Waals surface area (Å²) in [4.78, 5) is 38.8. The number of carbonyl (C=O) groups is 3. The lowest BCUT2D eigenvalue weighted by molar-refractivity contribution is -0.153. The van der Waals surface area contributed by atoms with Crippen molar-refractivity contribution in [2.24, 2.45) is 11.8 Å². The predicted molar refractivity (Wildman–Crippen MR) is 143 cm³/mol. The first-order chi connectivity index (χ1) is 18.0. The summed E-state index contributed by atoms with van der Waals surface area (Å²) >= 11 is 0. The van der Waals surface area contributed by atoms with Crippen molar-refractivity contribution in [3.05, 3.63) is 59.7 Å². The van der Waals surface area contributed by atoms with Gasteiger partial charge in [0.1, 0.15) is 0 Å². The summed E-state index contributed by atoms with van der Waals surface area (Å²) in [7, 11) is -3.97. The fourth-order valence-electron chi connectivity index (χ4n) is 5.49. The number of nitrogens with zero attached hydrogens (tertiary/aromatic N) is 2. The molecule has 2 aromatic carbocycles. The first-order valence-electron chi connectivity index (χ1n) is 12.9. The standard InChI is InChI=1S/C28H35N3O6S/c1-19-14-20(2)17-30(16-19)27(33)18-37-28(34)15-26-25-7-5-4-6-22(25)12-13-31(26)38(35,36)24-10-8-23(9-11-24)29-21(3)32/h4-11,19-20,26H,12-18H2,1-3H3,(H,29,32). The average molecular weight is 542 g/mol. The maximum absolute atomic E-state index is 13.7. The molecule has 2 aliphatic rings. The summed E-state index contributed by atoms with van der Waals surface area (Å²) in [5, 5.41) is 2.62. The Morgan fingerprint density at radius 3 is 2.32 bits per heavy atom. The van der Waals surface area contributed by atoms with Crippen LogP contribution in [0.1, 0.15) is 50.8 Å². The molecule has 0 aliphatic carbocycles. The third-order valence-corrected chi connectivity index (χ3v) is 9.01. The van der Waals surface area contributed by atoms with Crippen molar-refractivity contribution in [3.63, 3.8) is 0 Å². The van der Waals surface area contributed by atoms with Crippen molar-refractivity contribution in [3.8, 4) is 0 Å². The number of amides is 2. The summed E-state index contributed by atoms with van der Waals surface area (Å²) in [5.74, 6) is -0.329. The smallest absolute Gasteiger partial charge is 0.308 e. The summed E-state index contributed by atoms with van der Waals surface area (Å²) in [6, 6.07) is 12.6. The van der Waals surface area contributed by atoms with Crippen LogP contribution in [0.25, 0.3) is 0 Å². The third kappa shape index (κ3) is 6.42. The van der Waals surface area contributed by atoms with Crippen molar-refractivity contribution in [2.75, 3.05) is 31.6 Å². The topological polar surface area (TPSA) is 113 Å². The van der Waals surface area contributed by atoms with Crippen LogP contribution in [0.4, 0.5) is 5.69 Å². The molecule has 3 unspecified atom stereocenters. The first kappa shape index (κ1) is 27.8. The van der Waals surface area contributed by atoms with Gasteiger partial charge in [-0.2, -0.15) is 4.31 Å². The Balaban J connectivity index is 1.50. The Hall–Kier alpha value is -3.24. The molecule has 204 valence electrons. The predicted octanol–water partition coefficient (Wildman–Crippen LogP) is 3.37. The number of piperidine rings is 1. The highest BCUT2D eigenvalue weighted by Gasteiger charge is 2.38.